The maximum Gasteiger partial charge on any atom is 0.191 e. The lowest BCUT2D eigenvalue weighted by atomic mass is 10.0. The van der Waals surface area contributed by atoms with Crippen LogP contribution in [0.15, 0.2) is 4.99 Å². The molecule has 14 heavy (non-hydrogen) atoms. The molecule has 0 aromatic carbocycles. The van der Waals surface area contributed by atoms with Crippen molar-refractivity contribution in [1.82, 2.24) is 4.90 Å². The molecule has 1 heterocycles. The number of hydrogen-bond donors (Lipinski definition) is 1. The molecule has 0 fully saturated rings. The minimum atomic E-state index is 0.426. The van der Waals surface area contributed by atoms with Crippen LogP contribution in [0.25, 0.3) is 0 Å². The molecule has 0 saturated heterocycles. The largest absolute Gasteiger partial charge is 0.384 e. The van der Waals surface area contributed by atoms with Crippen molar-refractivity contribution < 1.29 is 4.74 Å². The smallest absolute Gasteiger partial charge is 0.191 e. The van der Waals surface area contributed by atoms with E-state index in [1.165, 1.54) is 0 Å². The maximum atomic E-state index is 5.82. The number of ether oxygens (including phenoxy) is 1. The Morgan fingerprint density at radius 2 is 2.43 bits per heavy atom. The second kappa shape index (κ2) is 5.20. The molecule has 0 aromatic heterocycles. The second-order valence-electron chi connectivity index (χ2n) is 3.89. The van der Waals surface area contributed by atoms with Crippen LogP contribution in [0.2, 0.25) is 0 Å². The van der Waals surface area contributed by atoms with Crippen LogP contribution in [0.5, 0.6) is 0 Å². The summed E-state index contributed by atoms with van der Waals surface area (Å²) in [5, 5.41) is 0. The van der Waals surface area contributed by atoms with Gasteiger partial charge in [-0.3, -0.25) is 4.99 Å². The van der Waals surface area contributed by atoms with E-state index in [4.69, 9.17) is 10.5 Å². The van der Waals surface area contributed by atoms with Gasteiger partial charge in [0.1, 0.15) is 0 Å². The number of aliphatic imine (C=N–C) groups is 1. The van der Waals surface area contributed by atoms with Crippen molar-refractivity contribution in [3.8, 4) is 0 Å². The van der Waals surface area contributed by atoms with Crippen molar-refractivity contribution in [1.29, 1.82) is 0 Å². The average molecular weight is 199 g/mol. The molecule has 1 aliphatic heterocycles. The lowest BCUT2D eigenvalue weighted by Crippen LogP contribution is -2.45. The summed E-state index contributed by atoms with van der Waals surface area (Å²) >= 11 is 0. The van der Waals surface area contributed by atoms with Gasteiger partial charge >= 0.3 is 0 Å². The van der Waals surface area contributed by atoms with Crippen LogP contribution >= 0.6 is 0 Å². The second-order valence-corrected chi connectivity index (χ2v) is 3.89. The van der Waals surface area contributed by atoms with E-state index >= 15 is 0 Å². The zero-order valence-corrected chi connectivity index (χ0v) is 9.36. The molecule has 2 N–H and O–H groups in total. The summed E-state index contributed by atoms with van der Waals surface area (Å²) in [6.07, 6.45) is 1.10. The van der Waals surface area contributed by atoms with Crippen molar-refractivity contribution in [3.63, 3.8) is 0 Å². The normalized spacial score (nSPS) is 23.8. The van der Waals surface area contributed by atoms with Crippen molar-refractivity contribution in [3.05, 3.63) is 0 Å². The summed E-state index contributed by atoms with van der Waals surface area (Å²) in [5.41, 5.74) is 5.82. The Labute approximate surface area is 86.1 Å². The third kappa shape index (κ3) is 2.38. The van der Waals surface area contributed by atoms with Gasteiger partial charge in [0.2, 0.25) is 0 Å². The molecule has 0 spiro atoms. The topological polar surface area (TPSA) is 50.8 Å². The molecule has 0 bridgehead atoms. The van der Waals surface area contributed by atoms with Crippen LogP contribution in [0.3, 0.4) is 0 Å². The van der Waals surface area contributed by atoms with Crippen LogP contribution in [0.1, 0.15) is 20.3 Å². The van der Waals surface area contributed by atoms with Crippen molar-refractivity contribution in [2.45, 2.75) is 26.3 Å². The van der Waals surface area contributed by atoms with E-state index in [1.807, 2.05) is 0 Å². The fraction of sp³-hybridized carbons (Fsp3) is 0.900. The first kappa shape index (κ1) is 11.3. The van der Waals surface area contributed by atoms with Gasteiger partial charge in [-0.1, -0.05) is 13.8 Å². The average Bonchev–Trinajstić information content (AvgIpc) is 2.50. The standard InChI is InChI=1S/C10H21N3O/c1-4-5-13-9(6-12-10(13)11)8(2)7-14-3/h8-9H,4-7H2,1-3H3,(H2,11,12). The molecule has 0 amide bonds. The van der Waals surface area contributed by atoms with Crippen molar-refractivity contribution in [2.75, 3.05) is 26.8 Å². The molecule has 0 aromatic rings. The van der Waals surface area contributed by atoms with E-state index in [9.17, 15) is 0 Å². The Bertz CT molecular complexity index is 206. The summed E-state index contributed by atoms with van der Waals surface area (Å²) in [5.74, 6) is 1.18. The van der Waals surface area contributed by atoms with E-state index in [0.717, 1.165) is 26.1 Å². The van der Waals surface area contributed by atoms with E-state index in [1.54, 1.807) is 7.11 Å². The molecule has 1 rings (SSSR count). The molecule has 0 aliphatic carbocycles. The van der Waals surface area contributed by atoms with Crippen molar-refractivity contribution >= 4 is 5.96 Å². The zero-order valence-electron chi connectivity index (χ0n) is 9.36. The summed E-state index contributed by atoms with van der Waals surface area (Å²) in [6.45, 7) is 6.92. The fourth-order valence-electron chi connectivity index (χ4n) is 1.93. The van der Waals surface area contributed by atoms with Crippen LogP contribution in [-0.2, 0) is 4.74 Å². The highest BCUT2D eigenvalue weighted by Crippen LogP contribution is 2.17. The molecule has 82 valence electrons. The third-order valence-corrected chi connectivity index (χ3v) is 2.69. The van der Waals surface area contributed by atoms with E-state index in [0.29, 0.717) is 17.9 Å². The van der Waals surface area contributed by atoms with Gasteiger partial charge < -0.3 is 15.4 Å². The highest BCUT2D eigenvalue weighted by atomic mass is 16.5. The third-order valence-electron chi connectivity index (χ3n) is 2.69. The van der Waals surface area contributed by atoms with Gasteiger partial charge in [-0.2, -0.15) is 0 Å². The minimum absolute atomic E-state index is 0.426. The lowest BCUT2D eigenvalue weighted by molar-refractivity contribution is 0.120. The quantitative estimate of drug-likeness (QED) is 0.708. The van der Waals surface area contributed by atoms with E-state index in [-0.39, 0.29) is 0 Å². The van der Waals surface area contributed by atoms with Crippen LogP contribution in [-0.4, -0.2) is 43.7 Å². The van der Waals surface area contributed by atoms with Crippen LogP contribution < -0.4 is 5.73 Å². The lowest BCUT2D eigenvalue weighted by Gasteiger charge is -2.30. The molecule has 2 unspecified atom stereocenters. The molecule has 0 radical (unpaired) electrons. The minimum Gasteiger partial charge on any atom is -0.384 e. The number of nitrogens with two attached hydrogens (primary N) is 1. The van der Waals surface area contributed by atoms with Crippen molar-refractivity contribution in [2.24, 2.45) is 16.6 Å². The highest BCUT2D eigenvalue weighted by Gasteiger charge is 2.29. The van der Waals surface area contributed by atoms with Gasteiger partial charge in [-0.15, -0.1) is 0 Å². The molecule has 2 atom stereocenters. The Balaban J connectivity index is 2.53. The van der Waals surface area contributed by atoms with Gasteiger partial charge in [0, 0.05) is 19.6 Å². The SMILES string of the molecule is CCCN1C(N)=NCC1C(C)COC. The maximum absolute atomic E-state index is 5.82. The summed E-state index contributed by atoms with van der Waals surface area (Å²) < 4.78 is 5.16. The zero-order chi connectivity index (χ0) is 10.6. The Hall–Kier alpha value is -0.770. The summed E-state index contributed by atoms with van der Waals surface area (Å²) in [7, 11) is 1.74. The Kier molecular flexibility index (Phi) is 4.20. The summed E-state index contributed by atoms with van der Waals surface area (Å²) in [4.78, 5) is 6.48. The first-order valence-corrected chi connectivity index (χ1v) is 5.26. The number of methoxy groups -OCH3 is 1. The van der Waals surface area contributed by atoms with Gasteiger partial charge in [-0.05, 0) is 6.42 Å². The van der Waals surface area contributed by atoms with Crippen LogP contribution in [0, 0.1) is 5.92 Å². The molecule has 4 heteroatoms. The number of rotatable bonds is 5. The van der Waals surface area contributed by atoms with Gasteiger partial charge in [0.15, 0.2) is 5.96 Å². The Morgan fingerprint density at radius 1 is 1.71 bits per heavy atom. The first-order valence-electron chi connectivity index (χ1n) is 5.26. The Morgan fingerprint density at radius 3 is 3.00 bits per heavy atom. The number of guanidine groups is 1. The molecule has 1 aliphatic rings. The van der Waals surface area contributed by atoms with E-state index in [2.05, 4.69) is 23.7 Å². The molecular weight excluding hydrogens is 178 g/mol. The van der Waals surface area contributed by atoms with Crippen LogP contribution in [0.4, 0.5) is 0 Å². The molecule has 4 nitrogen and oxygen atoms in total. The summed E-state index contributed by atoms with van der Waals surface area (Å²) in [6, 6.07) is 0.426. The molecular formula is C10H21N3O. The van der Waals surface area contributed by atoms with Gasteiger partial charge in [0.25, 0.3) is 0 Å². The predicted molar refractivity (Wildman–Crippen MR) is 58.3 cm³/mol. The van der Waals surface area contributed by atoms with Gasteiger partial charge in [0.05, 0.1) is 19.2 Å². The monoisotopic (exact) mass is 199 g/mol. The first-order chi connectivity index (χ1) is 6.70. The number of hydrogen-bond acceptors (Lipinski definition) is 4. The predicted octanol–water partition coefficient (Wildman–Crippen LogP) is 0.678. The van der Waals surface area contributed by atoms with E-state index < -0.39 is 0 Å². The fourth-order valence-corrected chi connectivity index (χ4v) is 1.93. The molecule has 0 saturated carbocycles. The van der Waals surface area contributed by atoms with Gasteiger partial charge in [-0.25, -0.2) is 0 Å². The number of nitrogens with zero attached hydrogens (tertiary/aromatic N) is 2. The highest BCUT2D eigenvalue weighted by molar-refractivity contribution is 5.80.